The van der Waals surface area contributed by atoms with Crippen LogP contribution in [0.4, 0.5) is 0 Å². The van der Waals surface area contributed by atoms with Crippen molar-refractivity contribution in [2.24, 2.45) is 5.10 Å². The molecule has 0 unspecified atom stereocenters. The second-order valence-corrected chi connectivity index (χ2v) is 5.62. The molecule has 3 aromatic rings. The Bertz CT molecular complexity index is 977. The Labute approximate surface area is 150 Å². The number of benzene rings is 1. The summed E-state index contributed by atoms with van der Waals surface area (Å²) in [7, 11) is 0. The van der Waals surface area contributed by atoms with Crippen molar-refractivity contribution in [3.8, 4) is 0 Å². The number of rotatable bonds is 5. The Morgan fingerprint density at radius 3 is 2.77 bits per heavy atom. The van der Waals surface area contributed by atoms with Gasteiger partial charge in [-0.15, -0.1) is 0 Å². The Morgan fingerprint density at radius 1 is 1.27 bits per heavy atom. The van der Waals surface area contributed by atoms with Gasteiger partial charge in [-0.1, -0.05) is 11.6 Å². The van der Waals surface area contributed by atoms with Crippen LogP contribution in [0.2, 0.25) is 0 Å². The van der Waals surface area contributed by atoms with Crippen molar-refractivity contribution in [3.63, 3.8) is 0 Å². The summed E-state index contributed by atoms with van der Waals surface area (Å²) < 4.78 is 5.10. The quantitative estimate of drug-likeness (QED) is 0.420. The van der Waals surface area contributed by atoms with Gasteiger partial charge >= 0.3 is 5.97 Å². The molecule has 2 N–H and O–H groups in total. The highest BCUT2D eigenvalue weighted by Crippen LogP contribution is 2.23. The standard InChI is InChI=1S/C19H18N4O3/c1-3-26-19(25)17-15(14-10-12(2)4-5-16(14)22-17)11-21-23-18(24)13-6-8-20-9-7-13/h4-11,22H,3H2,1-2H3,(H,23,24)/b21-11+. The Hall–Kier alpha value is -3.48. The van der Waals surface area contributed by atoms with E-state index in [9.17, 15) is 9.59 Å². The van der Waals surface area contributed by atoms with Crippen LogP contribution in [-0.2, 0) is 4.74 Å². The lowest BCUT2D eigenvalue weighted by Crippen LogP contribution is -2.17. The Kier molecular flexibility index (Phi) is 5.07. The predicted molar refractivity (Wildman–Crippen MR) is 98.3 cm³/mol. The first-order valence-electron chi connectivity index (χ1n) is 8.13. The first kappa shape index (κ1) is 17.3. The fourth-order valence-corrected chi connectivity index (χ4v) is 2.55. The minimum absolute atomic E-state index is 0.266. The smallest absolute Gasteiger partial charge is 0.355 e. The number of aromatic amines is 1. The molecule has 0 aliphatic carbocycles. The van der Waals surface area contributed by atoms with Crippen LogP contribution in [0, 0.1) is 6.92 Å². The van der Waals surface area contributed by atoms with E-state index >= 15 is 0 Å². The lowest BCUT2D eigenvalue weighted by atomic mass is 10.1. The number of hydrogen-bond donors (Lipinski definition) is 2. The van der Waals surface area contributed by atoms with E-state index in [2.05, 4.69) is 20.5 Å². The molecule has 0 bridgehead atoms. The van der Waals surface area contributed by atoms with Crippen LogP contribution in [-0.4, -0.2) is 34.7 Å². The van der Waals surface area contributed by atoms with Gasteiger partial charge in [0.1, 0.15) is 5.69 Å². The number of H-pyrrole nitrogens is 1. The van der Waals surface area contributed by atoms with Crippen LogP contribution in [0.3, 0.4) is 0 Å². The summed E-state index contributed by atoms with van der Waals surface area (Å²) in [6.45, 7) is 3.97. The summed E-state index contributed by atoms with van der Waals surface area (Å²) in [5.74, 6) is -0.833. The van der Waals surface area contributed by atoms with Crippen molar-refractivity contribution < 1.29 is 14.3 Å². The van der Waals surface area contributed by atoms with Gasteiger partial charge in [-0.3, -0.25) is 9.78 Å². The zero-order valence-electron chi connectivity index (χ0n) is 14.4. The molecule has 0 aliphatic rings. The molecule has 2 aromatic heterocycles. The van der Waals surface area contributed by atoms with E-state index in [1.807, 2.05) is 25.1 Å². The van der Waals surface area contributed by atoms with Crippen molar-refractivity contribution in [2.45, 2.75) is 13.8 Å². The van der Waals surface area contributed by atoms with E-state index < -0.39 is 5.97 Å². The molecule has 0 radical (unpaired) electrons. The van der Waals surface area contributed by atoms with Crippen molar-refractivity contribution >= 4 is 29.0 Å². The molecule has 0 atom stereocenters. The number of carbonyl (C=O) groups excluding carboxylic acids is 2. The van der Waals surface area contributed by atoms with Gasteiger partial charge in [-0.2, -0.15) is 5.10 Å². The molecule has 0 saturated carbocycles. The zero-order chi connectivity index (χ0) is 18.5. The molecular formula is C19H18N4O3. The fourth-order valence-electron chi connectivity index (χ4n) is 2.55. The molecule has 26 heavy (non-hydrogen) atoms. The minimum atomic E-state index is -0.469. The number of hydrazone groups is 1. The molecule has 132 valence electrons. The molecule has 1 amide bonds. The van der Waals surface area contributed by atoms with E-state index in [-0.39, 0.29) is 12.5 Å². The number of aryl methyl sites for hydroxylation is 1. The molecule has 7 heteroatoms. The first-order chi connectivity index (χ1) is 12.6. The molecule has 7 nitrogen and oxygen atoms in total. The number of esters is 1. The molecule has 2 heterocycles. The third-order valence-corrected chi connectivity index (χ3v) is 3.78. The van der Waals surface area contributed by atoms with Gasteiger partial charge in [0.05, 0.1) is 12.8 Å². The van der Waals surface area contributed by atoms with Gasteiger partial charge in [-0.25, -0.2) is 10.2 Å². The molecule has 0 saturated heterocycles. The van der Waals surface area contributed by atoms with Crippen LogP contribution >= 0.6 is 0 Å². The maximum atomic E-state index is 12.2. The molecule has 0 aliphatic heterocycles. The molecule has 0 fully saturated rings. The van der Waals surface area contributed by atoms with Gasteiger partial charge in [0.25, 0.3) is 5.91 Å². The number of pyridine rings is 1. The van der Waals surface area contributed by atoms with Crippen molar-refractivity contribution in [1.82, 2.24) is 15.4 Å². The van der Waals surface area contributed by atoms with Crippen LogP contribution in [0.1, 0.15) is 38.9 Å². The average molecular weight is 350 g/mol. The maximum Gasteiger partial charge on any atom is 0.355 e. The largest absolute Gasteiger partial charge is 0.461 e. The second-order valence-electron chi connectivity index (χ2n) is 5.62. The van der Waals surface area contributed by atoms with Crippen molar-refractivity contribution in [1.29, 1.82) is 0 Å². The van der Waals surface area contributed by atoms with E-state index in [4.69, 9.17) is 4.74 Å². The fraction of sp³-hybridized carbons (Fsp3) is 0.158. The van der Waals surface area contributed by atoms with E-state index in [0.29, 0.717) is 16.8 Å². The third kappa shape index (κ3) is 3.61. The summed E-state index contributed by atoms with van der Waals surface area (Å²) in [5, 5.41) is 4.83. The SMILES string of the molecule is CCOC(=O)c1[nH]c2ccc(C)cc2c1/C=N/NC(=O)c1ccncc1. The summed E-state index contributed by atoms with van der Waals surface area (Å²) in [6, 6.07) is 8.95. The summed E-state index contributed by atoms with van der Waals surface area (Å²) in [5.41, 5.74) is 5.60. The van der Waals surface area contributed by atoms with E-state index in [1.54, 1.807) is 19.1 Å². The highest BCUT2D eigenvalue weighted by molar-refractivity contribution is 6.09. The summed E-state index contributed by atoms with van der Waals surface area (Å²) >= 11 is 0. The van der Waals surface area contributed by atoms with Gasteiger partial charge in [0, 0.05) is 34.4 Å². The Balaban J connectivity index is 1.92. The minimum Gasteiger partial charge on any atom is -0.461 e. The van der Waals surface area contributed by atoms with Crippen molar-refractivity contribution in [2.75, 3.05) is 6.61 Å². The lowest BCUT2D eigenvalue weighted by molar-refractivity contribution is 0.0520. The number of carbonyl (C=O) groups is 2. The van der Waals surface area contributed by atoms with Crippen LogP contribution < -0.4 is 5.43 Å². The molecule has 0 spiro atoms. The van der Waals surface area contributed by atoms with Crippen LogP contribution in [0.15, 0.2) is 47.8 Å². The Morgan fingerprint density at radius 2 is 2.04 bits per heavy atom. The maximum absolute atomic E-state index is 12.2. The third-order valence-electron chi connectivity index (χ3n) is 3.78. The van der Waals surface area contributed by atoms with Gasteiger partial charge in [0.2, 0.25) is 0 Å². The van der Waals surface area contributed by atoms with Crippen LogP contribution in [0.25, 0.3) is 10.9 Å². The zero-order valence-corrected chi connectivity index (χ0v) is 14.4. The second kappa shape index (κ2) is 7.60. The molecular weight excluding hydrogens is 332 g/mol. The molecule has 1 aromatic carbocycles. The van der Waals surface area contributed by atoms with E-state index in [0.717, 1.165) is 16.5 Å². The lowest BCUT2D eigenvalue weighted by Gasteiger charge is -2.01. The summed E-state index contributed by atoms with van der Waals surface area (Å²) in [6.07, 6.45) is 4.50. The number of aromatic nitrogens is 2. The highest BCUT2D eigenvalue weighted by atomic mass is 16.5. The number of nitrogens with zero attached hydrogens (tertiary/aromatic N) is 2. The van der Waals surface area contributed by atoms with Crippen LogP contribution in [0.5, 0.6) is 0 Å². The average Bonchev–Trinajstić information content (AvgIpc) is 3.00. The highest BCUT2D eigenvalue weighted by Gasteiger charge is 2.18. The number of fused-ring (bicyclic) bond motifs is 1. The van der Waals surface area contributed by atoms with Gasteiger partial charge in [0.15, 0.2) is 0 Å². The van der Waals surface area contributed by atoms with Gasteiger partial charge in [-0.05, 0) is 38.1 Å². The van der Waals surface area contributed by atoms with E-state index in [1.165, 1.54) is 18.6 Å². The summed E-state index contributed by atoms with van der Waals surface area (Å²) in [4.78, 5) is 31.2. The van der Waals surface area contributed by atoms with Gasteiger partial charge < -0.3 is 9.72 Å². The topological polar surface area (TPSA) is 96.4 Å². The van der Waals surface area contributed by atoms with Crippen molar-refractivity contribution in [3.05, 3.63) is 65.1 Å². The number of nitrogens with one attached hydrogen (secondary N) is 2. The number of amides is 1. The molecule has 3 rings (SSSR count). The first-order valence-corrected chi connectivity index (χ1v) is 8.13. The number of ether oxygens (including phenoxy) is 1. The monoisotopic (exact) mass is 350 g/mol. The predicted octanol–water partition coefficient (Wildman–Crippen LogP) is 2.81. The number of hydrogen-bond acceptors (Lipinski definition) is 5. The normalized spacial score (nSPS) is 11.0.